The lowest BCUT2D eigenvalue weighted by molar-refractivity contribution is -0.120. The number of hydrogen-bond donors (Lipinski definition) is 2. The monoisotopic (exact) mass is 508 g/mol. The zero-order valence-corrected chi connectivity index (χ0v) is 20.9. The maximum Gasteiger partial charge on any atom is 0.255 e. The van der Waals surface area contributed by atoms with E-state index in [9.17, 15) is 9.59 Å². The first-order valence-electron chi connectivity index (χ1n) is 11.4. The quantitative estimate of drug-likeness (QED) is 0.535. The highest BCUT2D eigenvalue weighted by Crippen LogP contribution is 2.45. The van der Waals surface area contributed by atoms with Gasteiger partial charge in [0.1, 0.15) is 5.75 Å². The number of fused-ring (bicyclic) bond motifs is 1. The molecule has 0 radical (unpaired) electrons. The van der Waals surface area contributed by atoms with E-state index in [-0.39, 0.29) is 24.3 Å². The van der Waals surface area contributed by atoms with Crippen molar-refractivity contribution in [3.63, 3.8) is 0 Å². The van der Waals surface area contributed by atoms with E-state index in [0.29, 0.717) is 27.7 Å². The van der Waals surface area contributed by atoms with E-state index in [4.69, 9.17) is 21.3 Å². The summed E-state index contributed by atoms with van der Waals surface area (Å²) in [4.78, 5) is 33.0. The summed E-state index contributed by atoms with van der Waals surface area (Å²) in [6, 6.07) is 14.4. The molecule has 1 unspecified atom stereocenters. The van der Waals surface area contributed by atoms with Crippen molar-refractivity contribution < 1.29 is 14.3 Å². The van der Waals surface area contributed by atoms with Crippen LogP contribution in [0.4, 0.5) is 5.69 Å². The van der Waals surface area contributed by atoms with Crippen molar-refractivity contribution in [1.29, 1.82) is 0 Å². The minimum atomic E-state index is -0.451. The third kappa shape index (κ3) is 5.09. The summed E-state index contributed by atoms with van der Waals surface area (Å²) in [7, 11) is 1.60. The molecule has 2 aromatic carbocycles. The molecule has 2 N–H and O–H groups in total. The van der Waals surface area contributed by atoms with Crippen LogP contribution in [-0.4, -0.2) is 35.0 Å². The van der Waals surface area contributed by atoms with Gasteiger partial charge in [0.25, 0.3) is 5.91 Å². The van der Waals surface area contributed by atoms with Crippen molar-refractivity contribution in [2.75, 3.05) is 12.4 Å². The molecule has 3 aliphatic rings. The number of aliphatic imine (C=N–C) groups is 1. The summed E-state index contributed by atoms with van der Waals surface area (Å²) < 4.78 is 5.21. The number of carbonyl (C=O) groups excluding carboxylic acids is 2. The minimum Gasteiger partial charge on any atom is -0.497 e. The second kappa shape index (κ2) is 9.79. The van der Waals surface area contributed by atoms with Crippen LogP contribution in [0, 0.1) is 0 Å². The first-order valence-corrected chi connectivity index (χ1v) is 12.6. The Hall–Kier alpha value is -3.23. The average Bonchev–Trinajstić information content (AvgIpc) is 3.57. The second-order valence-electron chi connectivity index (χ2n) is 8.65. The number of anilines is 1. The molecule has 7 nitrogen and oxygen atoms in total. The molecule has 1 fully saturated rings. The Balaban J connectivity index is 1.48. The lowest BCUT2D eigenvalue weighted by Gasteiger charge is -2.36. The molecule has 0 spiro atoms. The zero-order chi connectivity index (χ0) is 24.5. The molecule has 2 heterocycles. The highest BCUT2D eigenvalue weighted by molar-refractivity contribution is 8.16. The van der Waals surface area contributed by atoms with Crippen LogP contribution in [0.25, 0.3) is 0 Å². The van der Waals surface area contributed by atoms with Crippen LogP contribution < -0.4 is 15.4 Å². The summed E-state index contributed by atoms with van der Waals surface area (Å²) >= 11 is 7.63. The number of nitrogens with zero attached hydrogens (tertiary/aromatic N) is 2. The number of carbonyl (C=O) groups is 2. The number of allylic oxidation sites excluding steroid dienone is 1. The van der Waals surface area contributed by atoms with Gasteiger partial charge < -0.3 is 20.3 Å². The Kier molecular flexibility index (Phi) is 6.58. The van der Waals surface area contributed by atoms with E-state index in [1.807, 2.05) is 41.5 Å². The van der Waals surface area contributed by atoms with Crippen molar-refractivity contribution in [3.8, 4) is 5.75 Å². The van der Waals surface area contributed by atoms with Crippen LogP contribution in [0.3, 0.4) is 0 Å². The third-order valence-electron chi connectivity index (χ3n) is 6.06. The second-order valence-corrected chi connectivity index (χ2v) is 9.92. The molecule has 1 saturated carbocycles. The zero-order valence-electron chi connectivity index (χ0n) is 19.4. The molecule has 0 saturated heterocycles. The number of halogens is 1. The normalized spacial score (nSPS) is 19.1. The highest BCUT2D eigenvalue weighted by atomic mass is 35.5. The number of thioether (sulfide) groups is 1. The number of amidine groups is 1. The number of ether oxygens (including phenoxy) is 1. The van der Waals surface area contributed by atoms with Gasteiger partial charge >= 0.3 is 0 Å². The largest absolute Gasteiger partial charge is 0.497 e. The number of rotatable bonds is 7. The number of nitrogens with one attached hydrogen (secondary N) is 2. The summed E-state index contributed by atoms with van der Waals surface area (Å²) in [5.74, 6) is 0.428. The van der Waals surface area contributed by atoms with E-state index in [1.54, 1.807) is 31.4 Å². The maximum atomic E-state index is 13.6. The lowest BCUT2D eigenvalue weighted by Crippen LogP contribution is -2.39. The molecule has 35 heavy (non-hydrogen) atoms. The topological polar surface area (TPSA) is 83.0 Å². The minimum absolute atomic E-state index is 0.0223. The molecular formula is C26H25ClN4O3S. The molecule has 180 valence electrons. The molecular weight excluding hydrogens is 484 g/mol. The predicted octanol–water partition coefficient (Wildman–Crippen LogP) is 5.23. The van der Waals surface area contributed by atoms with Crippen LogP contribution in [0.2, 0.25) is 5.02 Å². The summed E-state index contributed by atoms with van der Waals surface area (Å²) in [5, 5.41) is 9.35. The molecule has 0 bridgehead atoms. The number of amides is 2. The Bertz CT molecular complexity index is 1250. The SMILES string of the molecule is COc1ccc(NC(=O)C2=C(C)N=C3SC=C(CC(=O)NC4CC4)N3C2c2ccc(Cl)cc2)cc1. The Morgan fingerprint density at radius 2 is 1.86 bits per heavy atom. The van der Waals surface area contributed by atoms with E-state index < -0.39 is 6.04 Å². The Morgan fingerprint density at radius 3 is 2.51 bits per heavy atom. The van der Waals surface area contributed by atoms with Gasteiger partial charge in [0.2, 0.25) is 5.91 Å². The van der Waals surface area contributed by atoms with Crippen LogP contribution in [0.5, 0.6) is 5.75 Å². The highest BCUT2D eigenvalue weighted by Gasteiger charge is 2.40. The van der Waals surface area contributed by atoms with Crippen LogP contribution in [-0.2, 0) is 9.59 Å². The molecule has 2 aromatic rings. The number of methoxy groups -OCH3 is 1. The molecule has 1 aliphatic carbocycles. The molecule has 9 heteroatoms. The fourth-order valence-corrected chi connectivity index (χ4v) is 5.25. The first-order chi connectivity index (χ1) is 16.9. The van der Waals surface area contributed by atoms with Gasteiger partial charge in [-0.1, -0.05) is 35.5 Å². The van der Waals surface area contributed by atoms with E-state index in [1.165, 1.54) is 11.8 Å². The molecule has 2 amide bonds. The summed E-state index contributed by atoms with van der Waals surface area (Å²) in [6.07, 6.45) is 2.28. The van der Waals surface area contributed by atoms with Crippen molar-refractivity contribution >= 4 is 46.0 Å². The number of hydrogen-bond acceptors (Lipinski definition) is 6. The Morgan fingerprint density at radius 1 is 1.14 bits per heavy atom. The summed E-state index contributed by atoms with van der Waals surface area (Å²) in [5.41, 5.74) is 3.50. The molecule has 0 aromatic heterocycles. The van der Waals surface area contributed by atoms with E-state index >= 15 is 0 Å². The van der Waals surface area contributed by atoms with Gasteiger partial charge in [0.15, 0.2) is 5.17 Å². The fourth-order valence-electron chi connectivity index (χ4n) is 4.16. The molecule has 1 atom stereocenters. The molecule has 5 rings (SSSR count). The van der Waals surface area contributed by atoms with Gasteiger partial charge in [-0.05, 0) is 67.1 Å². The van der Waals surface area contributed by atoms with E-state index in [0.717, 1.165) is 29.3 Å². The van der Waals surface area contributed by atoms with Gasteiger partial charge in [0, 0.05) is 22.4 Å². The Labute approximate surface area is 213 Å². The van der Waals surface area contributed by atoms with Crippen molar-refractivity contribution in [2.45, 2.75) is 38.3 Å². The van der Waals surface area contributed by atoms with Crippen LogP contribution in [0.1, 0.15) is 37.8 Å². The van der Waals surface area contributed by atoms with Crippen molar-refractivity contribution in [3.05, 3.63) is 81.5 Å². The standard InChI is InChI=1S/C26H25ClN4O3S/c1-15-23(25(33)30-19-9-11-21(34-2)12-10-19)24(16-3-5-17(27)6-4-16)31-20(14-35-26(31)28-15)13-22(32)29-18-7-8-18/h3-6,9-12,14,18,24H,7-8,13H2,1-2H3,(H,29,32)(H,30,33). The van der Waals surface area contributed by atoms with Gasteiger partial charge in [-0.15, -0.1) is 0 Å². The number of benzene rings is 2. The van der Waals surface area contributed by atoms with Gasteiger partial charge in [-0.2, -0.15) is 0 Å². The van der Waals surface area contributed by atoms with Gasteiger partial charge in [-0.3, -0.25) is 9.59 Å². The average molecular weight is 509 g/mol. The van der Waals surface area contributed by atoms with Gasteiger partial charge in [-0.25, -0.2) is 4.99 Å². The van der Waals surface area contributed by atoms with Crippen molar-refractivity contribution in [1.82, 2.24) is 10.2 Å². The first kappa shape index (κ1) is 23.5. The van der Waals surface area contributed by atoms with E-state index in [2.05, 4.69) is 10.6 Å². The fraction of sp³-hybridized carbons (Fsp3) is 0.269. The third-order valence-corrected chi connectivity index (χ3v) is 7.20. The van der Waals surface area contributed by atoms with Gasteiger partial charge in [0.05, 0.1) is 30.8 Å². The maximum absolute atomic E-state index is 13.6. The van der Waals surface area contributed by atoms with Crippen molar-refractivity contribution in [2.24, 2.45) is 4.99 Å². The summed E-state index contributed by atoms with van der Waals surface area (Å²) in [6.45, 7) is 1.84. The van der Waals surface area contributed by atoms with Crippen LogP contribution >= 0.6 is 23.4 Å². The predicted molar refractivity (Wildman–Crippen MR) is 139 cm³/mol. The molecule has 2 aliphatic heterocycles. The smallest absolute Gasteiger partial charge is 0.255 e. The lowest BCUT2D eigenvalue weighted by atomic mass is 9.93. The van der Waals surface area contributed by atoms with Crippen LogP contribution in [0.15, 0.2) is 75.9 Å².